The van der Waals surface area contributed by atoms with Crippen molar-refractivity contribution in [2.75, 3.05) is 18.9 Å². The molecule has 1 aliphatic rings. The maximum absolute atomic E-state index is 15.6. The quantitative estimate of drug-likeness (QED) is 0.505. The first-order valence-electron chi connectivity index (χ1n) is 9.99. The average Bonchev–Trinajstić information content (AvgIpc) is 3.19. The van der Waals surface area contributed by atoms with E-state index < -0.39 is 38.3 Å². The number of fused-ring (bicyclic) bond motifs is 1. The molecule has 1 aliphatic heterocycles. The van der Waals surface area contributed by atoms with Crippen molar-refractivity contribution in [3.05, 3.63) is 64.3 Å². The second-order valence-electron chi connectivity index (χ2n) is 7.77. The summed E-state index contributed by atoms with van der Waals surface area (Å²) < 4.78 is 65.1. The number of Topliss-reactive ketones (excluding diaryl/α,β-unsaturated/α-hetero) is 1. The molecule has 180 valence electrons. The molecule has 1 aromatic carbocycles. The Morgan fingerprint density at radius 1 is 1.29 bits per heavy atom. The normalized spacial score (nSPS) is 16.2. The standard InChI is InChI=1S/C21H20ClF2N5O4S/c1-11(30)20-16-8-28(2)15(9-29(16)10-26-20)18-13(23)4-5-14(19(18)24)27-34(31,32)17-6-12(22)7-25-21(17)33-3/h4-7,10,15,27H,8-9H2,1-3H3/t15-/m1/s1. The fourth-order valence-electron chi connectivity index (χ4n) is 3.92. The molecule has 0 aliphatic carbocycles. The second kappa shape index (κ2) is 8.93. The summed E-state index contributed by atoms with van der Waals surface area (Å²) in [5.74, 6) is -2.35. The van der Waals surface area contributed by atoms with Crippen molar-refractivity contribution in [2.45, 2.75) is 31.0 Å². The van der Waals surface area contributed by atoms with Gasteiger partial charge in [0, 0.05) is 31.8 Å². The Bertz CT molecular complexity index is 1400. The number of ether oxygens (including phenoxy) is 1. The number of carbonyl (C=O) groups is 1. The summed E-state index contributed by atoms with van der Waals surface area (Å²) in [7, 11) is -1.50. The SMILES string of the molecule is COc1ncc(Cl)cc1S(=O)(=O)Nc1ccc(F)c([C@H]2Cn3cnc(C(C)=O)c3CN2C)c1F. The van der Waals surface area contributed by atoms with Gasteiger partial charge in [0.05, 0.1) is 35.9 Å². The largest absolute Gasteiger partial charge is 0.480 e. The molecule has 3 aromatic rings. The molecule has 2 aromatic heterocycles. The maximum atomic E-state index is 15.6. The highest BCUT2D eigenvalue weighted by Gasteiger charge is 2.33. The van der Waals surface area contributed by atoms with Gasteiger partial charge in [-0.05, 0) is 25.2 Å². The van der Waals surface area contributed by atoms with Crippen molar-refractivity contribution in [3.63, 3.8) is 0 Å². The number of ketones is 1. The Hall–Kier alpha value is -3.09. The lowest BCUT2D eigenvalue weighted by Crippen LogP contribution is -2.35. The summed E-state index contributed by atoms with van der Waals surface area (Å²) in [6, 6.07) is 2.31. The molecule has 0 spiro atoms. The van der Waals surface area contributed by atoms with E-state index in [9.17, 15) is 17.6 Å². The third-order valence-corrected chi connectivity index (χ3v) is 7.12. The molecule has 1 N–H and O–H groups in total. The minimum Gasteiger partial charge on any atom is -0.480 e. The minimum absolute atomic E-state index is 0.0336. The lowest BCUT2D eigenvalue weighted by molar-refractivity contribution is 0.100. The van der Waals surface area contributed by atoms with Gasteiger partial charge in [-0.3, -0.25) is 14.4 Å². The topological polar surface area (TPSA) is 106 Å². The van der Waals surface area contributed by atoms with E-state index in [1.54, 1.807) is 16.5 Å². The van der Waals surface area contributed by atoms with Crippen molar-refractivity contribution < 1.29 is 26.7 Å². The van der Waals surface area contributed by atoms with E-state index in [-0.39, 0.29) is 35.3 Å². The van der Waals surface area contributed by atoms with Gasteiger partial charge in [0.2, 0.25) is 5.88 Å². The molecular weight excluding hydrogens is 492 g/mol. The highest BCUT2D eigenvalue weighted by Crippen LogP contribution is 2.36. The molecule has 34 heavy (non-hydrogen) atoms. The van der Waals surface area contributed by atoms with E-state index in [0.29, 0.717) is 11.4 Å². The third kappa shape index (κ3) is 4.24. The number of methoxy groups -OCH3 is 1. The van der Waals surface area contributed by atoms with Crippen molar-refractivity contribution in [2.24, 2.45) is 0 Å². The number of sulfonamides is 1. The molecule has 0 unspecified atom stereocenters. The minimum atomic E-state index is -4.38. The lowest BCUT2D eigenvalue weighted by atomic mass is 10.0. The molecule has 0 bridgehead atoms. The summed E-state index contributed by atoms with van der Waals surface area (Å²) >= 11 is 5.87. The smallest absolute Gasteiger partial charge is 0.267 e. The average molecular weight is 512 g/mol. The number of aromatic nitrogens is 3. The monoisotopic (exact) mass is 511 g/mol. The molecule has 1 atom stereocenters. The number of halogens is 3. The number of hydrogen-bond donors (Lipinski definition) is 1. The molecular formula is C21H20ClF2N5O4S. The Morgan fingerprint density at radius 3 is 2.71 bits per heavy atom. The van der Waals surface area contributed by atoms with Gasteiger partial charge < -0.3 is 9.30 Å². The number of pyridine rings is 1. The zero-order chi connectivity index (χ0) is 24.8. The summed E-state index contributed by atoms with van der Waals surface area (Å²) in [6.07, 6.45) is 2.66. The van der Waals surface area contributed by atoms with E-state index >= 15 is 4.39 Å². The first-order valence-corrected chi connectivity index (χ1v) is 11.8. The van der Waals surface area contributed by atoms with Crippen LogP contribution in [0.15, 0.2) is 35.6 Å². The number of hydrogen-bond acceptors (Lipinski definition) is 7. The zero-order valence-corrected chi connectivity index (χ0v) is 19.9. The van der Waals surface area contributed by atoms with Crippen molar-refractivity contribution in [1.29, 1.82) is 0 Å². The summed E-state index contributed by atoms with van der Waals surface area (Å²) in [5.41, 5.74) is 0.177. The van der Waals surface area contributed by atoms with Crippen LogP contribution in [0.3, 0.4) is 0 Å². The van der Waals surface area contributed by atoms with E-state index in [1.807, 2.05) is 0 Å². The van der Waals surface area contributed by atoms with E-state index in [4.69, 9.17) is 16.3 Å². The molecule has 0 saturated heterocycles. The first kappa shape index (κ1) is 24.0. The molecule has 3 heterocycles. The van der Waals surface area contributed by atoms with Crippen molar-refractivity contribution in [1.82, 2.24) is 19.4 Å². The van der Waals surface area contributed by atoms with E-state index in [1.165, 1.54) is 26.6 Å². The molecule has 0 saturated carbocycles. The highest BCUT2D eigenvalue weighted by atomic mass is 35.5. The van der Waals surface area contributed by atoms with Crippen LogP contribution in [0.2, 0.25) is 5.02 Å². The van der Waals surface area contributed by atoms with Crippen LogP contribution in [0.4, 0.5) is 14.5 Å². The van der Waals surface area contributed by atoms with Gasteiger partial charge in [-0.1, -0.05) is 11.6 Å². The Balaban J connectivity index is 1.72. The molecule has 4 rings (SSSR count). The van der Waals surface area contributed by atoms with Crippen LogP contribution < -0.4 is 9.46 Å². The molecule has 0 radical (unpaired) electrons. The van der Waals surface area contributed by atoms with E-state index in [2.05, 4.69) is 14.7 Å². The third-order valence-electron chi connectivity index (χ3n) is 5.55. The van der Waals surface area contributed by atoms with E-state index in [0.717, 1.165) is 18.2 Å². The molecule has 13 heteroatoms. The number of nitrogens with zero attached hydrogens (tertiary/aromatic N) is 4. The fraction of sp³-hybridized carbons (Fsp3) is 0.286. The van der Waals surface area contributed by atoms with Gasteiger partial charge in [0.15, 0.2) is 16.5 Å². The predicted octanol–water partition coefficient (Wildman–Crippen LogP) is 3.41. The lowest BCUT2D eigenvalue weighted by Gasteiger charge is -2.34. The van der Waals surface area contributed by atoms with Crippen LogP contribution >= 0.6 is 11.6 Å². The summed E-state index contributed by atoms with van der Waals surface area (Å²) in [5, 5.41) is 0.0336. The number of likely N-dealkylation sites (N-methyl/N-ethyl adjacent to an activating group) is 1. The van der Waals surface area contributed by atoms with Crippen LogP contribution in [-0.2, 0) is 23.1 Å². The van der Waals surface area contributed by atoms with Crippen LogP contribution in [0.25, 0.3) is 0 Å². The fourth-order valence-corrected chi connectivity index (χ4v) is 5.34. The Morgan fingerprint density at radius 2 is 2.03 bits per heavy atom. The summed E-state index contributed by atoms with van der Waals surface area (Å²) in [4.78, 5) is 21.0. The van der Waals surface area contributed by atoms with Crippen molar-refractivity contribution in [3.8, 4) is 5.88 Å². The van der Waals surface area contributed by atoms with Gasteiger partial charge in [0.1, 0.15) is 11.5 Å². The number of rotatable bonds is 6. The predicted molar refractivity (Wildman–Crippen MR) is 119 cm³/mol. The maximum Gasteiger partial charge on any atom is 0.267 e. The summed E-state index contributed by atoms with van der Waals surface area (Å²) in [6.45, 7) is 1.73. The second-order valence-corrected chi connectivity index (χ2v) is 9.86. The Kier molecular flexibility index (Phi) is 6.32. The van der Waals surface area contributed by atoms with Crippen LogP contribution in [-0.4, -0.2) is 47.8 Å². The number of carbonyl (C=O) groups excluding carboxylic acids is 1. The van der Waals surface area contributed by atoms with Crippen molar-refractivity contribution >= 4 is 33.1 Å². The number of benzene rings is 1. The molecule has 0 amide bonds. The molecule has 9 nitrogen and oxygen atoms in total. The van der Waals surface area contributed by atoms with Gasteiger partial charge in [-0.2, -0.15) is 0 Å². The zero-order valence-electron chi connectivity index (χ0n) is 18.3. The van der Waals surface area contributed by atoms with Gasteiger partial charge in [-0.25, -0.2) is 27.2 Å². The van der Waals surface area contributed by atoms with Crippen LogP contribution in [0, 0.1) is 11.6 Å². The molecule has 0 fully saturated rings. The number of anilines is 1. The highest BCUT2D eigenvalue weighted by molar-refractivity contribution is 7.92. The van der Waals surface area contributed by atoms with Crippen LogP contribution in [0.5, 0.6) is 5.88 Å². The van der Waals surface area contributed by atoms with Gasteiger partial charge in [-0.15, -0.1) is 0 Å². The number of imidazole rings is 1. The van der Waals surface area contributed by atoms with Crippen LogP contribution in [0.1, 0.15) is 34.7 Å². The van der Waals surface area contributed by atoms with Gasteiger partial charge in [0.25, 0.3) is 10.0 Å². The number of nitrogens with one attached hydrogen (secondary N) is 1. The Labute approximate surface area is 199 Å². The van der Waals surface area contributed by atoms with Gasteiger partial charge >= 0.3 is 0 Å². The first-order chi connectivity index (χ1) is 16.0.